The maximum Gasteiger partial charge on any atom is 0.307 e. The van der Waals surface area contributed by atoms with Gasteiger partial charge in [0.25, 0.3) is 0 Å². The van der Waals surface area contributed by atoms with Crippen molar-refractivity contribution in [1.29, 1.82) is 5.26 Å². The third-order valence-corrected chi connectivity index (χ3v) is 14.1. The van der Waals surface area contributed by atoms with E-state index in [2.05, 4.69) is 77.1 Å². The van der Waals surface area contributed by atoms with E-state index in [9.17, 15) is 20.3 Å². The monoisotopic (exact) mass is 867 g/mol. The molecule has 0 radical (unpaired) electrons. The summed E-state index contributed by atoms with van der Waals surface area (Å²) in [5.74, 6) is -0.0344. The summed E-state index contributed by atoms with van der Waals surface area (Å²) in [6, 6.07) is 14.8. The number of nitrogens with zero attached hydrogens (tertiary/aromatic N) is 6. The topological polar surface area (TPSA) is 152 Å². The van der Waals surface area contributed by atoms with E-state index in [4.69, 9.17) is 14.4 Å². The van der Waals surface area contributed by atoms with Gasteiger partial charge in [-0.25, -0.2) is 9.97 Å². The fraction of sp³-hybridized carbons (Fsp3) is 0.325. The van der Waals surface area contributed by atoms with E-state index < -0.39 is 5.97 Å². The Hall–Kier alpha value is -4.23. The zero-order valence-corrected chi connectivity index (χ0v) is 33.3. The molecule has 3 N–H and O–H groups in total. The molecule has 3 atom stereocenters. The molecule has 0 saturated carbocycles. The second kappa shape index (κ2) is 14.1. The Morgan fingerprint density at radius 3 is 2.80 bits per heavy atom. The van der Waals surface area contributed by atoms with Crippen LogP contribution in [0.4, 0.5) is 11.5 Å². The van der Waals surface area contributed by atoms with Crippen LogP contribution in [0.25, 0.3) is 43.9 Å². The number of carboxylic acid groups (broad SMARTS) is 1. The Morgan fingerprint density at radius 2 is 2.02 bits per heavy atom. The van der Waals surface area contributed by atoms with Gasteiger partial charge in [0.15, 0.2) is 11.4 Å². The van der Waals surface area contributed by atoms with Crippen LogP contribution in [-0.4, -0.2) is 73.2 Å². The molecular weight excluding hydrogens is 834 g/mol. The first-order valence-corrected chi connectivity index (χ1v) is 20.4. The van der Waals surface area contributed by atoms with Crippen LogP contribution in [0.5, 0.6) is 0 Å². The minimum Gasteiger partial charge on any atom is -0.481 e. The summed E-state index contributed by atoms with van der Waals surface area (Å²) in [6.07, 6.45) is 6.45. The first-order valence-electron chi connectivity index (χ1n) is 18.0. The minimum absolute atomic E-state index is 0.0593. The molecule has 6 aromatic rings. The van der Waals surface area contributed by atoms with Crippen LogP contribution in [0.15, 0.2) is 61.5 Å². The quantitative estimate of drug-likeness (QED) is 0.135. The van der Waals surface area contributed by atoms with Crippen molar-refractivity contribution in [2.24, 2.45) is 5.92 Å². The molecule has 0 unspecified atom stereocenters. The number of hydrogen-bond acceptors (Lipinski definition) is 11. The molecule has 2 aromatic carbocycles. The number of thiophene rings is 1. The number of likely N-dealkylation sites (tertiary alicyclic amines) is 2. The van der Waals surface area contributed by atoms with Crippen LogP contribution in [-0.2, 0) is 17.8 Å². The lowest BCUT2D eigenvalue weighted by atomic mass is 10.0. The predicted octanol–water partition coefficient (Wildman–Crippen LogP) is 8.58. The number of carboxylic acids is 1. The van der Waals surface area contributed by atoms with Gasteiger partial charge in [0.1, 0.15) is 22.7 Å². The Labute approximate surface area is 331 Å². The number of rotatable bonds is 8. The number of anilines is 2. The Morgan fingerprint density at radius 1 is 1.15 bits per heavy atom. The lowest BCUT2D eigenvalue weighted by Gasteiger charge is -2.24. The smallest absolute Gasteiger partial charge is 0.307 e. The molecule has 9 rings (SSSR count). The number of benzene rings is 2. The van der Waals surface area contributed by atoms with Gasteiger partial charge < -0.3 is 19.9 Å². The third-order valence-electron chi connectivity index (χ3n) is 11.1. The average Bonchev–Trinajstić information content (AvgIpc) is 4.00. The molecule has 2 aliphatic heterocycles. The standard InChI is InChI=1S/C40H35Br2N7O4S/c1-20-25(3-2-4-29(20)46-38-34-22(7-10-44-38)13-21(16-45-34)17-48-11-9-24(50)19-48)36-33(41)32(37(42)54-36)39-47-30-14-27-26(28(15-43)35(30)53-39)5-6-31(27)49-12-8-23(18-49)40(51)52/h2-4,7,10,13-14,16,23-24,31,50H,5-6,8-9,11-12,17-19H2,1H3,(H,44,46)(H,51,52)/t23-,24-,31-/m1/s1. The number of aliphatic hydroxyl groups is 1. The molecule has 274 valence electrons. The minimum atomic E-state index is -0.751. The molecule has 0 bridgehead atoms. The van der Waals surface area contributed by atoms with Crippen LogP contribution in [0.3, 0.4) is 0 Å². The highest BCUT2D eigenvalue weighted by molar-refractivity contribution is 9.11. The zero-order valence-electron chi connectivity index (χ0n) is 29.3. The number of pyridine rings is 2. The third kappa shape index (κ3) is 6.20. The van der Waals surface area contributed by atoms with Crippen LogP contribution in [0.1, 0.15) is 53.1 Å². The number of hydrogen-bond donors (Lipinski definition) is 3. The Balaban J connectivity index is 1.01. The van der Waals surface area contributed by atoms with Crippen LogP contribution in [0, 0.1) is 24.2 Å². The van der Waals surface area contributed by atoms with E-state index in [1.165, 1.54) is 0 Å². The highest BCUT2D eigenvalue weighted by Crippen LogP contribution is 2.51. The molecule has 6 heterocycles. The number of carbonyl (C=O) groups is 1. The highest BCUT2D eigenvalue weighted by atomic mass is 79.9. The number of aliphatic carboxylic acids is 1. The first kappa shape index (κ1) is 35.5. The normalized spacial score (nSPS) is 20.2. The molecule has 0 amide bonds. The number of β-amino-alcohol motifs (C(OH)–C–C–N with tert-alkyl or cyclic N) is 1. The van der Waals surface area contributed by atoms with Crippen molar-refractivity contribution in [1.82, 2.24) is 24.8 Å². The average molecular weight is 870 g/mol. The number of aliphatic hydroxyl groups excluding tert-OH is 1. The summed E-state index contributed by atoms with van der Waals surface area (Å²) < 4.78 is 8.10. The van der Waals surface area contributed by atoms with Crippen molar-refractivity contribution in [3.05, 3.63) is 84.9 Å². The van der Waals surface area contributed by atoms with Gasteiger partial charge in [-0.2, -0.15) is 5.26 Å². The van der Waals surface area contributed by atoms with E-state index in [0.717, 1.165) is 102 Å². The SMILES string of the molecule is Cc1c(Nc2nccc3cc(CN4CC[C@@H](O)C4)cnc23)cccc1-c1sc(Br)c(-c2nc3cc4c(c(C#N)c3o2)CC[C@H]4N2CC[C@@H](C(=O)O)C2)c1Br. The van der Waals surface area contributed by atoms with Crippen molar-refractivity contribution in [2.45, 2.75) is 51.3 Å². The zero-order chi connectivity index (χ0) is 37.2. The van der Waals surface area contributed by atoms with E-state index >= 15 is 0 Å². The van der Waals surface area contributed by atoms with Crippen LogP contribution in [0.2, 0.25) is 0 Å². The molecule has 3 aliphatic rings. The largest absolute Gasteiger partial charge is 0.481 e. The molecule has 2 fully saturated rings. The van der Waals surface area contributed by atoms with Gasteiger partial charge in [-0.15, -0.1) is 11.3 Å². The molecule has 11 nitrogen and oxygen atoms in total. The number of halogens is 2. The van der Waals surface area contributed by atoms with Gasteiger partial charge in [-0.1, -0.05) is 12.1 Å². The number of oxazole rings is 1. The molecule has 14 heteroatoms. The van der Waals surface area contributed by atoms with Gasteiger partial charge in [0, 0.05) is 55.7 Å². The van der Waals surface area contributed by atoms with E-state index in [-0.39, 0.29) is 18.1 Å². The molecule has 4 aromatic heterocycles. The molecule has 0 spiro atoms. The van der Waals surface area contributed by atoms with Crippen molar-refractivity contribution >= 4 is 82.7 Å². The van der Waals surface area contributed by atoms with Gasteiger partial charge in [-0.05, 0) is 123 Å². The van der Waals surface area contributed by atoms with Crippen molar-refractivity contribution < 1.29 is 19.4 Å². The maximum atomic E-state index is 11.7. The number of aromatic nitrogens is 3. The van der Waals surface area contributed by atoms with Crippen molar-refractivity contribution in [3.8, 4) is 28.0 Å². The van der Waals surface area contributed by atoms with E-state index in [1.54, 1.807) is 17.5 Å². The lowest BCUT2D eigenvalue weighted by molar-refractivity contribution is -0.141. The summed E-state index contributed by atoms with van der Waals surface area (Å²) in [5, 5.41) is 34.4. The van der Waals surface area contributed by atoms with Crippen LogP contribution >= 0.6 is 43.2 Å². The molecular formula is C40H35Br2N7O4S. The van der Waals surface area contributed by atoms with Crippen LogP contribution < -0.4 is 5.32 Å². The van der Waals surface area contributed by atoms with Gasteiger partial charge in [0.05, 0.1) is 30.7 Å². The van der Waals surface area contributed by atoms with Gasteiger partial charge >= 0.3 is 5.97 Å². The lowest BCUT2D eigenvalue weighted by Crippen LogP contribution is -2.26. The summed E-state index contributed by atoms with van der Waals surface area (Å²) in [6.45, 7) is 5.63. The second-order valence-corrected chi connectivity index (χ2v) is 17.6. The van der Waals surface area contributed by atoms with Crippen molar-refractivity contribution in [2.75, 3.05) is 31.5 Å². The first-order chi connectivity index (χ1) is 26.2. The molecule has 1 aliphatic carbocycles. The number of nitriles is 1. The van der Waals surface area contributed by atoms with E-state index in [0.29, 0.717) is 47.9 Å². The van der Waals surface area contributed by atoms with Gasteiger partial charge in [0.2, 0.25) is 5.89 Å². The second-order valence-electron chi connectivity index (χ2n) is 14.4. The van der Waals surface area contributed by atoms with E-state index in [1.807, 2.05) is 30.5 Å². The molecule has 54 heavy (non-hydrogen) atoms. The maximum absolute atomic E-state index is 11.7. The molecule has 2 saturated heterocycles. The summed E-state index contributed by atoms with van der Waals surface area (Å²) in [7, 11) is 0. The summed E-state index contributed by atoms with van der Waals surface area (Å²) >= 11 is 9.26. The highest BCUT2D eigenvalue weighted by Gasteiger charge is 2.38. The fourth-order valence-electron chi connectivity index (χ4n) is 8.38. The number of fused-ring (bicyclic) bond motifs is 3. The van der Waals surface area contributed by atoms with Crippen molar-refractivity contribution in [3.63, 3.8) is 0 Å². The number of nitrogens with one attached hydrogen (secondary N) is 1. The Bertz CT molecular complexity index is 2530. The Kier molecular flexibility index (Phi) is 9.28. The van der Waals surface area contributed by atoms with Gasteiger partial charge in [-0.3, -0.25) is 19.6 Å². The summed E-state index contributed by atoms with van der Waals surface area (Å²) in [4.78, 5) is 31.6. The summed E-state index contributed by atoms with van der Waals surface area (Å²) in [5.41, 5.74) is 9.23. The fourth-order valence-corrected chi connectivity index (χ4v) is 11.5. The predicted molar refractivity (Wildman–Crippen MR) is 215 cm³/mol.